The van der Waals surface area contributed by atoms with Crippen LogP contribution in [0.1, 0.15) is 31.2 Å². The van der Waals surface area contributed by atoms with Crippen LogP contribution in [0, 0.1) is 11.7 Å². The molecule has 0 aliphatic heterocycles. The van der Waals surface area contributed by atoms with Gasteiger partial charge in [0.1, 0.15) is 35.0 Å². The summed E-state index contributed by atoms with van der Waals surface area (Å²) < 4.78 is 37.2. The maximum Gasteiger partial charge on any atom is 0.203 e. The molecule has 1 aliphatic rings. The Morgan fingerprint density at radius 1 is 1.21 bits per heavy atom. The third-order valence-electron chi connectivity index (χ3n) is 6.28. The smallest absolute Gasteiger partial charge is 0.203 e. The highest BCUT2D eigenvalue weighted by atomic mass is 19.1. The molecule has 3 unspecified atom stereocenters. The molecule has 34 heavy (non-hydrogen) atoms. The molecule has 9 heteroatoms. The number of anilines is 1. The van der Waals surface area contributed by atoms with Crippen molar-refractivity contribution < 1.29 is 13.2 Å². The van der Waals surface area contributed by atoms with Crippen LogP contribution in [0.4, 0.5) is 14.6 Å². The third-order valence-corrected chi connectivity index (χ3v) is 6.28. The van der Waals surface area contributed by atoms with E-state index in [2.05, 4.69) is 15.0 Å². The van der Waals surface area contributed by atoms with Crippen LogP contribution in [-0.2, 0) is 0 Å². The average Bonchev–Trinajstić information content (AvgIpc) is 3.25. The van der Waals surface area contributed by atoms with Crippen molar-refractivity contribution in [2.24, 2.45) is 5.92 Å². The highest BCUT2D eigenvalue weighted by molar-refractivity contribution is 5.85. The SMILES string of the molecule is CC1C(c2c(C(C)n3cnc4c(N(C)C)ncnc43)oc3cccc(F)c3c2=O)=CC=CC1F. The third kappa shape index (κ3) is 3.30. The largest absolute Gasteiger partial charge is 0.458 e. The summed E-state index contributed by atoms with van der Waals surface area (Å²) in [5, 5.41) is -0.154. The highest BCUT2D eigenvalue weighted by Gasteiger charge is 2.31. The first-order valence-corrected chi connectivity index (χ1v) is 10.9. The summed E-state index contributed by atoms with van der Waals surface area (Å²) in [6, 6.07) is 3.70. The first-order chi connectivity index (χ1) is 16.3. The van der Waals surface area contributed by atoms with Crippen molar-refractivity contribution in [2.45, 2.75) is 26.1 Å². The Kier molecular flexibility index (Phi) is 5.27. The molecule has 174 valence electrons. The maximum absolute atomic E-state index is 14.7. The average molecular weight is 463 g/mol. The lowest BCUT2D eigenvalue weighted by Gasteiger charge is -2.24. The van der Waals surface area contributed by atoms with E-state index in [1.807, 2.05) is 25.9 Å². The molecule has 0 bridgehead atoms. The van der Waals surface area contributed by atoms with Crippen molar-refractivity contribution in [3.05, 3.63) is 76.4 Å². The Hall–Kier alpha value is -3.88. The lowest BCUT2D eigenvalue weighted by Crippen LogP contribution is -2.23. The predicted octanol–water partition coefficient (Wildman–Crippen LogP) is 4.67. The number of hydrogen-bond donors (Lipinski definition) is 0. The number of fused-ring (bicyclic) bond motifs is 2. The minimum absolute atomic E-state index is 0.125. The Labute approximate surface area is 194 Å². The van der Waals surface area contributed by atoms with Crippen molar-refractivity contribution >= 4 is 33.5 Å². The number of alkyl halides is 1. The van der Waals surface area contributed by atoms with E-state index in [4.69, 9.17) is 4.42 Å². The van der Waals surface area contributed by atoms with Gasteiger partial charge in [-0.25, -0.2) is 23.7 Å². The molecule has 3 heterocycles. The van der Waals surface area contributed by atoms with Gasteiger partial charge in [0.05, 0.1) is 17.9 Å². The number of nitrogens with zero attached hydrogens (tertiary/aromatic N) is 5. The molecule has 4 aromatic rings. The van der Waals surface area contributed by atoms with Crippen LogP contribution < -0.4 is 10.3 Å². The Morgan fingerprint density at radius 2 is 2.00 bits per heavy atom. The summed E-state index contributed by atoms with van der Waals surface area (Å²) in [4.78, 5) is 28.7. The minimum Gasteiger partial charge on any atom is -0.458 e. The lowest BCUT2D eigenvalue weighted by atomic mass is 9.85. The van der Waals surface area contributed by atoms with Crippen molar-refractivity contribution in [2.75, 3.05) is 19.0 Å². The van der Waals surface area contributed by atoms with E-state index in [0.717, 1.165) is 0 Å². The molecule has 0 saturated carbocycles. The van der Waals surface area contributed by atoms with E-state index in [9.17, 15) is 13.6 Å². The molecule has 0 fully saturated rings. The second-order valence-corrected chi connectivity index (χ2v) is 8.62. The van der Waals surface area contributed by atoms with Crippen LogP contribution >= 0.6 is 0 Å². The molecule has 5 rings (SSSR count). The number of benzene rings is 1. The predicted molar refractivity (Wildman–Crippen MR) is 127 cm³/mol. The number of hydrogen-bond acceptors (Lipinski definition) is 6. The molecule has 3 aromatic heterocycles. The van der Waals surface area contributed by atoms with E-state index >= 15 is 0 Å². The second kappa shape index (κ2) is 8.16. The fourth-order valence-corrected chi connectivity index (χ4v) is 4.43. The Morgan fingerprint density at radius 3 is 2.76 bits per heavy atom. The van der Waals surface area contributed by atoms with E-state index in [1.165, 1.54) is 24.5 Å². The molecule has 1 aromatic carbocycles. The van der Waals surface area contributed by atoms with Gasteiger partial charge in [-0.3, -0.25) is 4.79 Å². The molecular formula is C25H23F2N5O2. The first kappa shape index (κ1) is 21.9. The van der Waals surface area contributed by atoms with Crippen molar-refractivity contribution in [1.82, 2.24) is 19.5 Å². The van der Waals surface area contributed by atoms with Crippen molar-refractivity contribution in [1.29, 1.82) is 0 Å². The fourth-order valence-electron chi connectivity index (χ4n) is 4.43. The van der Waals surface area contributed by atoms with Crippen LogP contribution in [-0.4, -0.2) is 39.8 Å². The zero-order chi connectivity index (χ0) is 24.1. The normalized spacial score (nSPS) is 18.9. The number of allylic oxidation sites excluding steroid dienone is 4. The maximum atomic E-state index is 14.7. The van der Waals surface area contributed by atoms with Gasteiger partial charge < -0.3 is 13.9 Å². The summed E-state index contributed by atoms with van der Waals surface area (Å²) >= 11 is 0. The molecule has 7 nitrogen and oxygen atoms in total. The summed E-state index contributed by atoms with van der Waals surface area (Å²) in [5.74, 6) is -0.356. The molecule has 0 spiro atoms. The van der Waals surface area contributed by atoms with E-state index in [0.29, 0.717) is 22.6 Å². The number of imidazole rings is 1. The Bertz CT molecular complexity index is 1540. The van der Waals surface area contributed by atoms with Gasteiger partial charge in [-0.15, -0.1) is 0 Å². The van der Waals surface area contributed by atoms with Gasteiger partial charge in [-0.1, -0.05) is 31.2 Å². The van der Waals surface area contributed by atoms with Crippen LogP contribution in [0.15, 0.2) is 58.3 Å². The van der Waals surface area contributed by atoms with E-state index in [1.54, 1.807) is 36.0 Å². The van der Waals surface area contributed by atoms with Crippen LogP contribution in [0.25, 0.3) is 27.7 Å². The number of aromatic nitrogens is 4. The quantitative estimate of drug-likeness (QED) is 0.438. The fraction of sp³-hybridized carbons (Fsp3) is 0.280. The molecule has 1 aliphatic carbocycles. The molecule has 3 atom stereocenters. The van der Waals surface area contributed by atoms with Crippen molar-refractivity contribution in [3.63, 3.8) is 0 Å². The summed E-state index contributed by atoms with van der Waals surface area (Å²) in [5.41, 5.74) is 1.35. The zero-order valence-electron chi connectivity index (χ0n) is 19.2. The highest BCUT2D eigenvalue weighted by Crippen LogP contribution is 2.37. The minimum atomic E-state index is -1.27. The van der Waals surface area contributed by atoms with Crippen LogP contribution in [0.3, 0.4) is 0 Å². The molecular weight excluding hydrogens is 440 g/mol. The monoisotopic (exact) mass is 463 g/mol. The van der Waals surface area contributed by atoms with Crippen molar-refractivity contribution in [3.8, 4) is 0 Å². The molecule has 0 N–H and O–H groups in total. The van der Waals surface area contributed by atoms with Gasteiger partial charge in [0.15, 0.2) is 17.0 Å². The Balaban J connectivity index is 1.80. The van der Waals surface area contributed by atoms with Crippen LogP contribution in [0.2, 0.25) is 0 Å². The topological polar surface area (TPSA) is 77.1 Å². The van der Waals surface area contributed by atoms with Gasteiger partial charge in [-0.2, -0.15) is 0 Å². The number of halogens is 2. The van der Waals surface area contributed by atoms with Gasteiger partial charge in [0.25, 0.3) is 0 Å². The van der Waals surface area contributed by atoms with E-state index < -0.39 is 29.4 Å². The summed E-state index contributed by atoms with van der Waals surface area (Å²) in [6.07, 6.45) is 6.47. The standard InChI is InChI=1S/C25H23F2N5O2/c1-13-15(7-5-8-16(13)26)19-22(33)20-17(27)9-6-10-18(20)34-23(19)14(2)32-12-30-21-24(31(3)4)28-11-29-25(21)32/h5-14,16H,1-4H3. The second-order valence-electron chi connectivity index (χ2n) is 8.62. The van der Waals surface area contributed by atoms with Gasteiger partial charge >= 0.3 is 0 Å². The molecule has 0 amide bonds. The van der Waals surface area contributed by atoms with Gasteiger partial charge in [-0.05, 0) is 24.6 Å². The zero-order valence-corrected chi connectivity index (χ0v) is 19.2. The molecule has 0 saturated heterocycles. The van der Waals surface area contributed by atoms with Crippen LogP contribution in [0.5, 0.6) is 0 Å². The lowest BCUT2D eigenvalue weighted by molar-refractivity contribution is 0.340. The van der Waals surface area contributed by atoms with Gasteiger partial charge in [0.2, 0.25) is 5.43 Å². The summed E-state index contributed by atoms with van der Waals surface area (Å²) in [6.45, 7) is 3.53. The number of rotatable bonds is 4. The molecule has 0 radical (unpaired) electrons. The first-order valence-electron chi connectivity index (χ1n) is 10.9. The summed E-state index contributed by atoms with van der Waals surface area (Å²) in [7, 11) is 3.72. The van der Waals surface area contributed by atoms with E-state index in [-0.39, 0.29) is 22.3 Å². The van der Waals surface area contributed by atoms with Gasteiger partial charge in [0, 0.05) is 20.0 Å².